The van der Waals surface area contributed by atoms with Crippen LogP contribution in [0.2, 0.25) is 10.0 Å². The number of sulfonamides is 1. The molecule has 10 heteroatoms. The predicted octanol–water partition coefficient (Wildman–Crippen LogP) is 3.39. The molecule has 0 radical (unpaired) electrons. The van der Waals surface area contributed by atoms with Crippen molar-refractivity contribution in [2.75, 3.05) is 13.2 Å². The lowest BCUT2D eigenvalue weighted by Gasteiger charge is -2.16. The van der Waals surface area contributed by atoms with Gasteiger partial charge in [-0.1, -0.05) is 47.0 Å². The maximum absolute atomic E-state index is 12.1. The van der Waals surface area contributed by atoms with Gasteiger partial charge in [0, 0.05) is 16.6 Å². The van der Waals surface area contributed by atoms with Crippen LogP contribution in [0.25, 0.3) is 0 Å². The number of ether oxygens (including phenoxy) is 1. The number of hydrogen-bond acceptors (Lipinski definition) is 5. The average Bonchev–Trinajstić information content (AvgIpc) is 2.66. The molecule has 0 saturated carbocycles. The minimum atomic E-state index is -3.72. The first-order valence-electron chi connectivity index (χ1n) is 9.05. The summed E-state index contributed by atoms with van der Waals surface area (Å²) in [5.74, 6) is -1.21. The number of amides is 1. The van der Waals surface area contributed by atoms with Crippen molar-refractivity contribution in [1.29, 1.82) is 0 Å². The van der Waals surface area contributed by atoms with Gasteiger partial charge in [0.1, 0.15) is 0 Å². The second kappa shape index (κ2) is 10.8. The minimum absolute atomic E-state index is 0.107. The van der Waals surface area contributed by atoms with E-state index in [0.717, 1.165) is 5.56 Å². The summed E-state index contributed by atoms with van der Waals surface area (Å²) in [7, 11) is -3.72. The Morgan fingerprint density at radius 2 is 1.77 bits per heavy atom. The highest BCUT2D eigenvalue weighted by Gasteiger charge is 2.16. The van der Waals surface area contributed by atoms with E-state index < -0.39 is 34.5 Å². The topological polar surface area (TPSA) is 102 Å². The smallest absolute Gasteiger partial charge is 0.307 e. The van der Waals surface area contributed by atoms with Crippen LogP contribution in [0.15, 0.2) is 47.4 Å². The highest BCUT2D eigenvalue weighted by molar-refractivity contribution is 7.89. The van der Waals surface area contributed by atoms with Crippen molar-refractivity contribution >= 4 is 45.1 Å². The van der Waals surface area contributed by atoms with E-state index >= 15 is 0 Å². The molecule has 7 nitrogen and oxygen atoms in total. The summed E-state index contributed by atoms with van der Waals surface area (Å²) in [5, 5.41) is 3.55. The quantitative estimate of drug-likeness (QED) is 0.544. The standard InChI is InChI=1S/C20H22Cl2N2O5S/c1-13-3-6-16(7-4-13)30(27,28)23-10-9-20(26)29-12-19(25)24-14(2)17-8-5-15(21)11-18(17)22/h3-8,11,14,23H,9-10,12H2,1-2H3,(H,24,25). The number of rotatable bonds is 9. The fourth-order valence-corrected chi connectivity index (χ4v) is 4.12. The molecule has 2 rings (SSSR count). The van der Waals surface area contributed by atoms with Crippen molar-refractivity contribution < 1.29 is 22.7 Å². The molecule has 0 fully saturated rings. The zero-order valence-corrected chi connectivity index (χ0v) is 18.8. The number of benzene rings is 2. The molecule has 30 heavy (non-hydrogen) atoms. The van der Waals surface area contributed by atoms with Crippen LogP contribution in [0.1, 0.15) is 30.5 Å². The second-order valence-electron chi connectivity index (χ2n) is 6.58. The number of halogens is 2. The first kappa shape index (κ1) is 24.1. The molecule has 2 aromatic rings. The maximum atomic E-state index is 12.1. The molecular formula is C20H22Cl2N2O5S. The van der Waals surface area contributed by atoms with E-state index in [1.165, 1.54) is 12.1 Å². The van der Waals surface area contributed by atoms with Crippen LogP contribution in [0.3, 0.4) is 0 Å². The highest BCUT2D eigenvalue weighted by Crippen LogP contribution is 2.26. The van der Waals surface area contributed by atoms with Crippen molar-refractivity contribution in [3.8, 4) is 0 Å². The first-order chi connectivity index (χ1) is 14.1. The number of carbonyl (C=O) groups excluding carboxylic acids is 2. The van der Waals surface area contributed by atoms with E-state index in [4.69, 9.17) is 27.9 Å². The van der Waals surface area contributed by atoms with Crippen molar-refractivity contribution in [1.82, 2.24) is 10.0 Å². The van der Waals surface area contributed by atoms with Gasteiger partial charge in [0.15, 0.2) is 6.61 Å². The second-order valence-corrected chi connectivity index (χ2v) is 9.19. The van der Waals surface area contributed by atoms with Crippen molar-refractivity contribution in [2.45, 2.75) is 31.2 Å². The van der Waals surface area contributed by atoms with Gasteiger partial charge in [-0.2, -0.15) is 0 Å². The predicted molar refractivity (Wildman–Crippen MR) is 115 cm³/mol. The average molecular weight is 473 g/mol. The highest BCUT2D eigenvalue weighted by atomic mass is 35.5. The number of aryl methyl sites for hydroxylation is 1. The Kier molecular flexibility index (Phi) is 8.66. The molecule has 0 aliphatic carbocycles. The van der Waals surface area contributed by atoms with Crippen molar-refractivity contribution in [3.05, 3.63) is 63.6 Å². The molecular weight excluding hydrogens is 451 g/mol. The molecule has 1 amide bonds. The summed E-state index contributed by atoms with van der Waals surface area (Å²) in [6.45, 7) is 2.95. The van der Waals surface area contributed by atoms with Crippen LogP contribution in [0.5, 0.6) is 0 Å². The van der Waals surface area contributed by atoms with Gasteiger partial charge in [-0.3, -0.25) is 9.59 Å². The molecule has 0 bridgehead atoms. The molecule has 2 aromatic carbocycles. The summed E-state index contributed by atoms with van der Waals surface area (Å²) in [6, 6.07) is 10.8. The minimum Gasteiger partial charge on any atom is -0.456 e. The third-order valence-corrected chi connectivity index (χ3v) is 6.16. The molecule has 0 aliphatic rings. The summed E-state index contributed by atoms with van der Waals surface area (Å²) < 4.78 is 31.5. The Labute approximate surface area is 185 Å². The summed E-state index contributed by atoms with van der Waals surface area (Å²) in [6.07, 6.45) is -0.211. The van der Waals surface area contributed by atoms with Crippen LogP contribution < -0.4 is 10.0 Å². The van der Waals surface area contributed by atoms with Crippen LogP contribution in [0, 0.1) is 6.92 Å². The Bertz CT molecular complexity index is 1010. The molecule has 1 atom stereocenters. The Morgan fingerprint density at radius 3 is 2.40 bits per heavy atom. The van der Waals surface area contributed by atoms with E-state index in [1.807, 2.05) is 6.92 Å². The molecule has 162 valence electrons. The molecule has 0 aromatic heterocycles. The van der Waals surface area contributed by atoms with Gasteiger partial charge < -0.3 is 10.1 Å². The fourth-order valence-electron chi connectivity index (χ4n) is 2.52. The third-order valence-electron chi connectivity index (χ3n) is 4.12. The number of carbonyl (C=O) groups is 2. The molecule has 2 N–H and O–H groups in total. The van der Waals surface area contributed by atoms with E-state index in [-0.39, 0.29) is 17.9 Å². The number of esters is 1. The van der Waals surface area contributed by atoms with E-state index in [2.05, 4.69) is 10.0 Å². The summed E-state index contributed by atoms with van der Waals surface area (Å²) >= 11 is 12.0. The molecule has 0 heterocycles. The number of hydrogen-bond donors (Lipinski definition) is 2. The van der Waals surface area contributed by atoms with E-state index in [9.17, 15) is 18.0 Å². The van der Waals surface area contributed by atoms with Crippen LogP contribution in [-0.2, 0) is 24.3 Å². The normalized spacial score (nSPS) is 12.3. The third kappa shape index (κ3) is 7.28. The van der Waals surface area contributed by atoms with Crippen molar-refractivity contribution in [2.24, 2.45) is 0 Å². The summed E-state index contributed by atoms with van der Waals surface area (Å²) in [4.78, 5) is 23.9. The molecule has 1 unspecified atom stereocenters. The van der Waals surface area contributed by atoms with Gasteiger partial charge in [-0.05, 0) is 43.7 Å². The lowest BCUT2D eigenvalue weighted by atomic mass is 10.1. The van der Waals surface area contributed by atoms with Gasteiger partial charge >= 0.3 is 5.97 Å². The van der Waals surface area contributed by atoms with Crippen LogP contribution in [0.4, 0.5) is 0 Å². The van der Waals surface area contributed by atoms with Crippen molar-refractivity contribution in [3.63, 3.8) is 0 Å². The van der Waals surface area contributed by atoms with Gasteiger partial charge in [-0.25, -0.2) is 13.1 Å². The van der Waals surface area contributed by atoms with Gasteiger partial charge in [0.25, 0.3) is 5.91 Å². The number of nitrogens with one attached hydrogen (secondary N) is 2. The Balaban J connectivity index is 1.74. The monoisotopic (exact) mass is 472 g/mol. The SMILES string of the molecule is Cc1ccc(S(=O)(=O)NCCC(=O)OCC(=O)NC(C)c2ccc(Cl)cc2Cl)cc1. The Morgan fingerprint density at radius 1 is 1.10 bits per heavy atom. The van der Waals surface area contributed by atoms with Crippen LogP contribution in [-0.4, -0.2) is 33.4 Å². The summed E-state index contributed by atoms with van der Waals surface area (Å²) in [5.41, 5.74) is 1.61. The van der Waals surface area contributed by atoms with Gasteiger partial charge in [0.2, 0.25) is 10.0 Å². The maximum Gasteiger partial charge on any atom is 0.307 e. The lowest BCUT2D eigenvalue weighted by molar-refractivity contribution is -0.148. The molecule has 0 aliphatic heterocycles. The molecule has 0 saturated heterocycles. The van der Waals surface area contributed by atoms with Gasteiger partial charge in [0.05, 0.1) is 17.4 Å². The zero-order chi connectivity index (χ0) is 22.3. The lowest BCUT2D eigenvalue weighted by Crippen LogP contribution is -2.32. The fraction of sp³-hybridized carbons (Fsp3) is 0.300. The largest absolute Gasteiger partial charge is 0.456 e. The van der Waals surface area contributed by atoms with Crippen LogP contribution >= 0.6 is 23.2 Å². The van der Waals surface area contributed by atoms with Gasteiger partial charge in [-0.15, -0.1) is 0 Å². The first-order valence-corrected chi connectivity index (χ1v) is 11.3. The van der Waals surface area contributed by atoms with E-state index in [0.29, 0.717) is 15.6 Å². The van der Waals surface area contributed by atoms with E-state index in [1.54, 1.807) is 37.3 Å². The zero-order valence-electron chi connectivity index (χ0n) is 16.4. The Hall–Kier alpha value is -2.13. The molecule has 0 spiro atoms.